The number of anilines is 1. The molecule has 23 heavy (non-hydrogen) atoms. The molecule has 1 saturated heterocycles. The van der Waals surface area contributed by atoms with Gasteiger partial charge in [-0.1, -0.05) is 35.9 Å². The molecular formula is C19H17NO3. The number of carbonyl (C=O) groups is 2. The second kappa shape index (κ2) is 5.23. The van der Waals surface area contributed by atoms with Crippen LogP contribution in [-0.2, 0) is 9.59 Å². The Bertz CT molecular complexity index is 781. The Hall–Kier alpha value is -2.62. The molecule has 0 spiro atoms. The molecule has 4 nitrogen and oxygen atoms in total. The highest BCUT2D eigenvalue weighted by Gasteiger charge is 2.47. The van der Waals surface area contributed by atoms with E-state index in [0.717, 1.165) is 11.3 Å². The number of benzene rings is 2. The van der Waals surface area contributed by atoms with E-state index in [4.69, 9.17) is 4.74 Å². The Morgan fingerprint density at radius 3 is 2.57 bits per heavy atom. The lowest BCUT2D eigenvalue weighted by Crippen LogP contribution is -2.50. The van der Waals surface area contributed by atoms with Crippen LogP contribution in [0.25, 0.3) is 0 Å². The number of fused-ring (bicyclic) bond motifs is 3. The summed E-state index contributed by atoms with van der Waals surface area (Å²) in [4.78, 5) is 26.9. The molecule has 2 unspecified atom stereocenters. The van der Waals surface area contributed by atoms with Crippen LogP contribution >= 0.6 is 0 Å². The van der Waals surface area contributed by atoms with Crippen molar-refractivity contribution in [3.05, 3.63) is 59.7 Å². The van der Waals surface area contributed by atoms with E-state index in [2.05, 4.69) is 4.90 Å². The minimum atomic E-state index is -0.736. The van der Waals surface area contributed by atoms with Gasteiger partial charge in [-0.2, -0.15) is 0 Å². The monoisotopic (exact) mass is 307 g/mol. The van der Waals surface area contributed by atoms with Crippen molar-refractivity contribution in [1.82, 2.24) is 0 Å². The molecule has 4 rings (SSSR count). The topological polar surface area (TPSA) is 46.6 Å². The number of esters is 1. The van der Waals surface area contributed by atoms with Crippen molar-refractivity contribution in [2.24, 2.45) is 5.92 Å². The van der Waals surface area contributed by atoms with E-state index in [1.165, 1.54) is 5.56 Å². The van der Waals surface area contributed by atoms with Gasteiger partial charge in [0.1, 0.15) is 11.7 Å². The summed E-state index contributed by atoms with van der Waals surface area (Å²) >= 11 is 0. The van der Waals surface area contributed by atoms with Gasteiger partial charge in [0.25, 0.3) is 0 Å². The van der Waals surface area contributed by atoms with Crippen LogP contribution in [0.1, 0.15) is 23.6 Å². The molecule has 0 aromatic heterocycles. The van der Waals surface area contributed by atoms with Crippen LogP contribution in [0.5, 0.6) is 5.75 Å². The Morgan fingerprint density at radius 2 is 1.78 bits per heavy atom. The third kappa shape index (κ3) is 2.22. The first-order valence-electron chi connectivity index (χ1n) is 7.82. The zero-order chi connectivity index (χ0) is 16.0. The van der Waals surface area contributed by atoms with Crippen molar-refractivity contribution < 1.29 is 14.3 Å². The Balaban J connectivity index is 1.84. The molecule has 4 heteroatoms. The fourth-order valence-corrected chi connectivity index (χ4v) is 3.50. The SMILES string of the molecule is Cc1ccc(N2CCC(=O)C3C(=O)Oc4ccccc4C32)cc1. The van der Waals surface area contributed by atoms with E-state index in [1.807, 2.05) is 49.4 Å². The van der Waals surface area contributed by atoms with Crippen LogP contribution < -0.4 is 9.64 Å². The predicted molar refractivity (Wildman–Crippen MR) is 86.5 cm³/mol. The number of Topliss-reactive ketones (excluding diaryl/α,β-unsaturated/α-hetero) is 1. The summed E-state index contributed by atoms with van der Waals surface area (Å²) in [6.07, 6.45) is 0.367. The van der Waals surface area contributed by atoms with Gasteiger partial charge in [0.15, 0.2) is 5.78 Å². The largest absolute Gasteiger partial charge is 0.426 e. The van der Waals surface area contributed by atoms with Crippen molar-refractivity contribution in [1.29, 1.82) is 0 Å². The first kappa shape index (κ1) is 14.0. The van der Waals surface area contributed by atoms with Crippen LogP contribution in [0.4, 0.5) is 5.69 Å². The molecule has 2 heterocycles. The maximum Gasteiger partial charge on any atom is 0.324 e. The van der Waals surface area contributed by atoms with Crippen molar-refractivity contribution in [2.45, 2.75) is 19.4 Å². The van der Waals surface area contributed by atoms with Crippen molar-refractivity contribution in [3.63, 3.8) is 0 Å². The summed E-state index contributed by atoms with van der Waals surface area (Å²) in [6.45, 7) is 2.66. The molecule has 2 aliphatic rings. The van der Waals surface area contributed by atoms with Gasteiger partial charge >= 0.3 is 5.97 Å². The number of rotatable bonds is 1. The molecule has 0 bridgehead atoms. The van der Waals surface area contributed by atoms with Gasteiger partial charge in [-0.3, -0.25) is 9.59 Å². The number of ether oxygens (including phenoxy) is 1. The number of aryl methyl sites for hydroxylation is 1. The van der Waals surface area contributed by atoms with Gasteiger partial charge in [-0.25, -0.2) is 0 Å². The van der Waals surface area contributed by atoms with Crippen LogP contribution in [0.2, 0.25) is 0 Å². The molecule has 0 N–H and O–H groups in total. The van der Waals surface area contributed by atoms with E-state index < -0.39 is 11.9 Å². The molecule has 0 saturated carbocycles. The first-order valence-corrected chi connectivity index (χ1v) is 7.82. The molecule has 0 radical (unpaired) electrons. The summed E-state index contributed by atoms with van der Waals surface area (Å²) in [5, 5.41) is 0. The maximum absolute atomic E-state index is 12.4. The van der Waals surface area contributed by atoms with Gasteiger partial charge < -0.3 is 9.64 Å². The average molecular weight is 307 g/mol. The zero-order valence-electron chi connectivity index (χ0n) is 12.9. The standard InChI is InChI=1S/C19H17NO3/c1-12-6-8-13(9-7-12)20-11-10-15(21)17-18(20)14-4-2-3-5-16(14)23-19(17)22/h2-9,17-18H,10-11H2,1H3. The summed E-state index contributed by atoms with van der Waals surface area (Å²) in [5.41, 5.74) is 3.12. The van der Waals surface area contributed by atoms with E-state index in [1.54, 1.807) is 6.07 Å². The van der Waals surface area contributed by atoms with Gasteiger partial charge in [-0.15, -0.1) is 0 Å². The van der Waals surface area contributed by atoms with Gasteiger partial charge in [0, 0.05) is 24.2 Å². The minimum Gasteiger partial charge on any atom is -0.426 e. The maximum atomic E-state index is 12.4. The quantitative estimate of drug-likeness (QED) is 0.461. The normalized spacial score (nSPS) is 23.1. The lowest BCUT2D eigenvalue weighted by atomic mass is 9.81. The fraction of sp³-hybridized carbons (Fsp3) is 0.263. The van der Waals surface area contributed by atoms with Crippen molar-refractivity contribution in [2.75, 3.05) is 11.4 Å². The highest BCUT2D eigenvalue weighted by Crippen LogP contribution is 2.44. The first-order chi connectivity index (χ1) is 11.1. The fourth-order valence-electron chi connectivity index (χ4n) is 3.50. The number of para-hydroxylation sites is 1. The predicted octanol–water partition coefficient (Wildman–Crippen LogP) is 3.05. The van der Waals surface area contributed by atoms with E-state index in [0.29, 0.717) is 18.7 Å². The number of hydrogen-bond donors (Lipinski definition) is 0. The van der Waals surface area contributed by atoms with Crippen LogP contribution in [0.3, 0.4) is 0 Å². The molecule has 116 valence electrons. The van der Waals surface area contributed by atoms with Gasteiger partial charge in [-0.05, 0) is 25.1 Å². The molecular weight excluding hydrogens is 290 g/mol. The molecule has 0 amide bonds. The minimum absolute atomic E-state index is 0.0298. The van der Waals surface area contributed by atoms with E-state index in [-0.39, 0.29) is 11.8 Å². The lowest BCUT2D eigenvalue weighted by molar-refractivity contribution is -0.147. The second-order valence-electron chi connectivity index (χ2n) is 6.13. The highest BCUT2D eigenvalue weighted by atomic mass is 16.5. The molecule has 1 fully saturated rings. The Labute approximate surface area is 134 Å². The summed E-state index contributed by atoms with van der Waals surface area (Å²) in [7, 11) is 0. The summed E-state index contributed by atoms with van der Waals surface area (Å²) in [5.74, 6) is -0.640. The second-order valence-corrected chi connectivity index (χ2v) is 6.13. The molecule has 0 aliphatic carbocycles. The third-order valence-corrected chi connectivity index (χ3v) is 4.67. The zero-order valence-corrected chi connectivity index (χ0v) is 12.9. The number of piperidine rings is 1. The number of nitrogens with zero attached hydrogens (tertiary/aromatic N) is 1. The van der Waals surface area contributed by atoms with Gasteiger partial charge in [0.2, 0.25) is 0 Å². The lowest BCUT2D eigenvalue weighted by Gasteiger charge is -2.43. The Kier molecular flexibility index (Phi) is 3.18. The number of carbonyl (C=O) groups excluding carboxylic acids is 2. The third-order valence-electron chi connectivity index (χ3n) is 4.67. The van der Waals surface area contributed by atoms with Crippen LogP contribution in [-0.4, -0.2) is 18.3 Å². The number of hydrogen-bond acceptors (Lipinski definition) is 4. The average Bonchev–Trinajstić information content (AvgIpc) is 2.56. The number of ketones is 1. The van der Waals surface area contributed by atoms with Crippen molar-refractivity contribution >= 4 is 17.4 Å². The van der Waals surface area contributed by atoms with Crippen molar-refractivity contribution in [3.8, 4) is 5.75 Å². The smallest absolute Gasteiger partial charge is 0.324 e. The van der Waals surface area contributed by atoms with E-state index >= 15 is 0 Å². The van der Waals surface area contributed by atoms with E-state index in [9.17, 15) is 9.59 Å². The van der Waals surface area contributed by atoms with Crippen LogP contribution in [0, 0.1) is 12.8 Å². The summed E-state index contributed by atoms with van der Waals surface area (Å²) in [6, 6.07) is 15.4. The van der Waals surface area contributed by atoms with Crippen LogP contribution in [0.15, 0.2) is 48.5 Å². The molecule has 2 aromatic rings. The van der Waals surface area contributed by atoms with Gasteiger partial charge in [0.05, 0.1) is 6.04 Å². The Morgan fingerprint density at radius 1 is 1.04 bits per heavy atom. The summed E-state index contributed by atoms with van der Waals surface area (Å²) < 4.78 is 5.39. The molecule has 2 atom stereocenters. The molecule has 2 aliphatic heterocycles. The highest BCUT2D eigenvalue weighted by molar-refractivity contribution is 6.03. The molecule has 2 aromatic carbocycles.